The molecule has 0 aliphatic rings. The summed E-state index contributed by atoms with van der Waals surface area (Å²) in [5.41, 5.74) is 1.13. The molecule has 0 atom stereocenters. The van der Waals surface area contributed by atoms with Crippen LogP contribution in [0.4, 0.5) is 0 Å². The average molecular weight is 456 g/mol. The molecule has 2 aromatic heterocycles. The molecule has 2 heterocycles. The predicted molar refractivity (Wildman–Crippen MR) is 105 cm³/mol. The van der Waals surface area contributed by atoms with Gasteiger partial charge >= 0.3 is 0 Å². The molecular weight excluding hydrogens is 438 g/mol. The van der Waals surface area contributed by atoms with Gasteiger partial charge in [-0.1, -0.05) is 46.4 Å². The lowest BCUT2D eigenvalue weighted by molar-refractivity contribution is -0.134. The summed E-state index contributed by atoms with van der Waals surface area (Å²) in [6.07, 6.45) is 3.51. The summed E-state index contributed by atoms with van der Waals surface area (Å²) >= 11 is 23.1. The molecule has 7 nitrogen and oxygen atoms in total. The number of halogens is 4. The van der Waals surface area contributed by atoms with Crippen molar-refractivity contribution in [2.45, 2.75) is 33.0 Å². The smallest absolute Gasteiger partial charge is 0.161 e. The Morgan fingerprint density at radius 2 is 1.26 bits per heavy atom. The zero-order chi connectivity index (χ0) is 20.2. The molecule has 0 amide bonds. The summed E-state index contributed by atoms with van der Waals surface area (Å²) in [4.78, 5) is 25.2. The van der Waals surface area contributed by atoms with Gasteiger partial charge in [0.2, 0.25) is 0 Å². The van der Waals surface area contributed by atoms with Gasteiger partial charge < -0.3 is 14.3 Å². The summed E-state index contributed by atoms with van der Waals surface area (Å²) in [7, 11) is 0. The molecule has 0 N–H and O–H groups in total. The maximum absolute atomic E-state index is 10.1. The van der Waals surface area contributed by atoms with Gasteiger partial charge in [0.15, 0.2) is 6.29 Å². The van der Waals surface area contributed by atoms with Crippen LogP contribution < -0.4 is 0 Å². The molecule has 0 aromatic carbocycles. The monoisotopic (exact) mass is 454 g/mol. The molecule has 148 valence electrons. The maximum atomic E-state index is 10.1. The van der Waals surface area contributed by atoms with Gasteiger partial charge in [0.25, 0.3) is 0 Å². The molecule has 0 saturated heterocycles. The first-order valence-electron chi connectivity index (χ1n) is 7.91. The van der Waals surface area contributed by atoms with E-state index in [9.17, 15) is 4.79 Å². The Morgan fingerprint density at radius 3 is 1.63 bits per heavy atom. The molecule has 11 heteroatoms. The molecule has 0 radical (unpaired) electrons. The molecule has 0 aliphatic heterocycles. The van der Waals surface area contributed by atoms with Crippen molar-refractivity contribution in [2.75, 3.05) is 13.2 Å². The number of hydrogen-bond donors (Lipinski definition) is 0. The third-order valence-electron chi connectivity index (χ3n) is 3.04. The second-order valence-electron chi connectivity index (χ2n) is 4.78. The molecule has 2 aromatic rings. The van der Waals surface area contributed by atoms with Crippen molar-refractivity contribution in [1.82, 2.24) is 19.9 Å². The minimum Gasteiger partial charge on any atom is -0.353 e. The van der Waals surface area contributed by atoms with E-state index >= 15 is 0 Å². The van der Waals surface area contributed by atoms with E-state index < -0.39 is 0 Å². The maximum Gasteiger partial charge on any atom is 0.161 e. The standard InChI is InChI=1S/C10H14Cl2N2O2.C6H4Cl2N2O/c1-3-15-8(16-4-2)5-7-9(11)13-6-14-10(7)12;7-5-4(1-2-11)6(8)10-3-9-5/h6,8H,3-5H2,1-2H3;2-3H,1H2. The topological polar surface area (TPSA) is 87.1 Å². The molecular formula is C16H18Cl4N4O3. The quantitative estimate of drug-likeness (QED) is 0.334. The van der Waals surface area contributed by atoms with Gasteiger partial charge in [-0.25, -0.2) is 19.9 Å². The molecule has 0 fully saturated rings. The SMILES string of the molecule is CCOC(Cc1c(Cl)ncnc1Cl)OCC.O=CCc1c(Cl)ncnc1Cl. The Balaban J connectivity index is 0.000000289. The van der Waals surface area contributed by atoms with Gasteiger partial charge in [-0.2, -0.15) is 0 Å². The fourth-order valence-electron chi connectivity index (χ4n) is 1.87. The lowest BCUT2D eigenvalue weighted by atomic mass is 10.2. The lowest BCUT2D eigenvalue weighted by Crippen LogP contribution is -2.20. The van der Waals surface area contributed by atoms with Crippen LogP contribution >= 0.6 is 46.4 Å². The Morgan fingerprint density at radius 1 is 0.852 bits per heavy atom. The van der Waals surface area contributed by atoms with Crippen LogP contribution in [0.1, 0.15) is 25.0 Å². The van der Waals surface area contributed by atoms with Crippen molar-refractivity contribution < 1.29 is 14.3 Å². The Bertz CT molecular complexity index is 690. The van der Waals surface area contributed by atoms with Crippen LogP contribution in [0.3, 0.4) is 0 Å². The largest absolute Gasteiger partial charge is 0.353 e. The van der Waals surface area contributed by atoms with Crippen molar-refractivity contribution in [2.24, 2.45) is 0 Å². The average Bonchev–Trinajstić information content (AvgIpc) is 2.62. The van der Waals surface area contributed by atoms with Crippen molar-refractivity contribution in [3.8, 4) is 0 Å². The zero-order valence-corrected chi connectivity index (χ0v) is 17.7. The van der Waals surface area contributed by atoms with Gasteiger partial charge in [0.1, 0.15) is 39.6 Å². The fraction of sp³-hybridized carbons (Fsp3) is 0.438. The summed E-state index contributed by atoms with van der Waals surface area (Å²) in [6, 6.07) is 0. The zero-order valence-electron chi connectivity index (χ0n) is 14.7. The van der Waals surface area contributed by atoms with Gasteiger partial charge in [-0.05, 0) is 13.8 Å². The Hall–Kier alpha value is -1.09. The molecule has 0 saturated carbocycles. The van der Waals surface area contributed by atoms with Crippen molar-refractivity contribution >= 4 is 52.7 Å². The summed E-state index contributed by atoms with van der Waals surface area (Å²) < 4.78 is 10.8. The highest BCUT2D eigenvalue weighted by atomic mass is 35.5. The third-order valence-corrected chi connectivity index (χ3v) is 4.35. The van der Waals surface area contributed by atoms with Gasteiger partial charge in [-0.3, -0.25) is 0 Å². The Kier molecular flexibility index (Phi) is 11.7. The van der Waals surface area contributed by atoms with E-state index in [1.165, 1.54) is 12.7 Å². The number of nitrogens with zero attached hydrogens (tertiary/aromatic N) is 4. The number of rotatable bonds is 8. The summed E-state index contributed by atoms with van der Waals surface area (Å²) in [5, 5.41) is 1.14. The van der Waals surface area contributed by atoms with Gasteiger partial charge in [0, 0.05) is 37.2 Å². The highest BCUT2D eigenvalue weighted by Gasteiger charge is 2.15. The van der Waals surface area contributed by atoms with Crippen LogP contribution in [0.25, 0.3) is 0 Å². The van der Waals surface area contributed by atoms with Crippen LogP contribution in [0, 0.1) is 0 Å². The predicted octanol–water partition coefficient (Wildman–Crippen LogP) is 4.25. The molecule has 0 spiro atoms. The number of hydrogen-bond acceptors (Lipinski definition) is 7. The van der Waals surface area contributed by atoms with E-state index in [4.69, 9.17) is 55.9 Å². The minimum absolute atomic E-state index is 0.151. The van der Waals surface area contributed by atoms with Crippen molar-refractivity contribution in [3.63, 3.8) is 0 Å². The highest BCUT2D eigenvalue weighted by Crippen LogP contribution is 2.22. The highest BCUT2D eigenvalue weighted by molar-refractivity contribution is 6.35. The molecule has 2 rings (SSSR count). The summed E-state index contributed by atoms with van der Waals surface area (Å²) in [5.74, 6) is 0. The van der Waals surface area contributed by atoms with Crippen LogP contribution in [-0.2, 0) is 27.1 Å². The van der Waals surface area contributed by atoms with E-state index in [1.807, 2.05) is 13.8 Å². The van der Waals surface area contributed by atoms with E-state index in [0.717, 1.165) is 0 Å². The van der Waals surface area contributed by atoms with E-state index in [1.54, 1.807) is 0 Å². The van der Waals surface area contributed by atoms with E-state index in [2.05, 4.69) is 19.9 Å². The second-order valence-corrected chi connectivity index (χ2v) is 6.21. The van der Waals surface area contributed by atoms with E-state index in [0.29, 0.717) is 47.4 Å². The number of aromatic nitrogens is 4. The first-order valence-corrected chi connectivity index (χ1v) is 9.42. The number of carbonyl (C=O) groups excluding carboxylic acids is 1. The third kappa shape index (κ3) is 8.21. The summed E-state index contributed by atoms with van der Waals surface area (Å²) in [6.45, 7) is 4.93. The fourth-order valence-corrected chi connectivity index (χ4v) is 2.80. The first kappa shape index (κ1) is 23.9. The normalized spacial score (nSPS) is 10.5. The Labute approximate surface area is 177 Å². The molecule has 0 bridgehead atoms. The number of ether oxygens (including phenoxy) is 2. The first-order chi connectivity index (χ1) is 12.9. The molecule has 27 heavy (non-hydrogen) atoms. The van der Waals surface area contributed by atoms with Crippen LogP contribution in [0.2, 0.25) is 20.6 Å². The number of aldehydes is 1. The lowest BCUT2D eigenvalue weighted by Gasteiger charge is -2.17. The minimum atomic E-state index is -0.365. The van der Waals surface area contributed by atoms with Crippen LogP contribution in [0.15, 0.2) is 12.7 Å². The second kappa shape index (κ2) is 13.1. The number of carbonyl (C=O) groups is 1. The molecule has 0 aliphatic carbocycles. The van der Waals surface area contributed by atoms with E-state index in [-0.39, 0.29) is 23.0 Å². The van der Waals surface area contributed by atoms with Crippen LogP contribution in [-0.4, -0.2) is 45.7 Å². The van der Waals surface area contributed by atoms with Crippen molar-refractivity contribution in [1.29, 1.82) is 0 Å². The molecule has 0 unspecified atom stereocenters. The van der Waals surface area contributed by atoms with Crippen LogP contribution in [0.5, 0.6) is 0 Å². The van der Waals surface area contributed by atoms with Crippen molar-refractivity contribution in [3.05, 3.63) is 44.4 Å². The van der Waals surface area contributed by atoms with Gasteiger partial charge in [0.05, 0.1) is 0 Å². The van der Waals surface area contributed by atoms with Gasteiger partial charge in [-0.15, -0.1) is 0 Å².